The van der Waals surface area contributed by atoms with Crippen LogP contribution in [-0.2, 0) is 18.9 Å². The standard InChI is InChI=1S/C19H33NO5/c1-12-8-13(24-17(21)20-18(2,3)4)9-15-16(23-11-22-15)10-14(12)25-19(5,6)7/h8,13-16H,9-11H2,1-7H3,(H,20,21)/b12-8+. The molecule has 0 aromatic heterocycles. The van der Waals surface area contributed by atoms with Crippen LogP contribution in [0.15, 0.2) is 11.6 Å². The first-order chi connectivity index (χ1) is 11.4. The van der Waals surface area contributed by atoms with Gasteiger partial charge in [0.1, 0.15) is 12.9 Å². The Labute approximate surface area is 151 Å². The van der Waals surface area contributed by atoms with Gasteiger partial charge in [0.15, 0.2) is 0 Å². The van der Waals surface area contributed by atoms with Crippen LogP contribution in [0.5, 0.6) is 0 Å². The van der Waals surface area contributed by atoms with Gasteiger partial charge in [-0.2, -0.15) is 0 Å². The quantitative estimate of drug-likeness (QED) is 0.768. The minimum absolute atomic E-state index is 0.0484. The molecule has 144 valence electrons. The maximum absolute atomic E-state index is 12.2. The molecule has 6 heteroatoms. The number of amides is 1. The largest absolute Gasteiger partial charge is 0.442 e. The second-order valence-electron chi connectivity index (χ2n) is 8.95. The number of carbonyl (C=O) groups is 1. The van der Waals surface area contributed by atoms with E-state index in [2.05, 4.69) is 5.32 Å². The Balaban J connectivity index is 2.15. The minimum atomic E-state index is -0.425. The van der Waals surface area contributed by atoms with Crippen molar-refractivity contribution in [1.29, 1.82) is 0 Å². The lowest BCUT2D eigenvalue weighted by Crippen LogP contribution is -2.43. The summed E-state index contributed by atoms with van der Waals surface area (Å²) >= 11 is 0. The van der Waals surface area contributed by atoms with E-state index in [1.807, 2.05) is 54.5 Å². The molecule has 1 N–H and O–H groups in total. The van der Waals surface area contributed by atoms with E-state index in [9.17, 15) is 4.79 Å². The summed E-state index contributed by atoms with van der Waals surface area (Å²) in [6.45, 7) is 14.2. The first kappa shape index (κ1) is 20.2. The Morgan fingerprint density at radius 2 is 1.72 bits per heavy atom. The van der Waals surface area contributed by atoms with E-state index in [1.165, 1.54) is 0 Å². The molecule has 1 fully saturated rings. The van der Waals surface area contributed by atoms with E-state index in [0.29, 0.717) is 6.42 Å². The number of hydrogen-bond donors (Lipinski definition) is 1. The molecule has 0 radical (unpaired) electrons. The molecule has 0 aromatic rings. The molecule has 0 aromatic carbocycles. The van der Waals surface area contributed by atoms with Crippen molar-refractivity contribution in [3.05, 3.63) is 11.6 Å². The first-order valence-electron chi connectivity index (χ1n) is 9.01. The maximum Gasteiger partial charge on any atom is 0.408 e. The van der Waals surface area contributed by atoms with Gasteiger partial charge in [0.05, 0.1) is 23.9 Å². The average molecular weight is 355 g/mol. The summed E-state index contributed by atoms with van der Waals surface area (Å²) in [5.74, 6) is 0. The molecule has 2 aliphatic rings. The highest BCUT2D eigenvalue weighted by Crippen LogP contribution is 2.31. The SMILES string of the molecule is C/C1=C\C(OC(=O)NC(C)(C)C)CC2OCOC2CC1OC(C)(C)C. The van der Waals surface area contributed by atoms with Crippen LogP contribution in [0.3, 0.4) is 0 Å². The summed E-state index contributed by atoms with van der Waals surface area (Å²) < 4.78 is 23.3. The van der Waals surface area contributed by atoms with Gasteiger partial charge in [-0.25, -0.2) is 4.79 Å². The Morgan fingerprint density at radius 3 is 2.28 bits per heavy atom. The second kappa shape index (κ2) is 7.64. The lowest BCUT2D eigenvalue weighted by molar-refractivity contribution is -0.0666. The van der Waals surface area contributed by atoms with Crippen LogP contribution < -0.4 is 5.32 Å². The summed E-state index contributed by atoms with van der Waals surface area (Å²) in [5, 5.41) is 2.83. The Bertz CT molecular complexity index is 503. The zero-order valence-electron chi connectivity index (χ0n) is 16.5. The number of alkyl carbamates (subject to hydrolysis) is 1. The van der Waals surface area contributed by atoms with Crippen LogP contribution in [0.25, 0.3) is 0 Å². The zero-order chi connectivity index (χ0) is 18.8. The molecule has 1 amide bonds. The molecule has 1 aliphatic carbocycles. The summed E-state index contributed by atoms with van der Waals surface area (Å²) in [6, 6.07) is 0. The fourth-order valence-electron chi connectivity index (χ4n) is 3.09. The third-order valence-corrected chi connectivity index (χ3v) is 4.08. The Hall–Kier alpha value is -1.11. The second-order valence-corrected chi connectivity index (χ2v) is 8.95. The third-order valence-electron chi connectivity index (χ3n) is 4.08. The molecule has 0 spiro atoms. The van der Waals surface area contributed by atoms with Crippen molar-refractivity contribution in [3.63, 3.8) is 0 Å². The molecule has 1 saturated heterocycles. The number of rotatable bonds is 2. The van der Waals surface area contributed by atoms with Crippen molar-refractivity contribution in [2.24, 2.45) is 0 Å². The predicted octanol–water partition coefficient (Wildman–Crippen LogP) is 3.55. The summed E-state index contributed by atoms with van der Waals surface area (Å²) in [5.41, 5.74) is 0.441. The van der Waals surface area contributed by atoms with Gasteiger partial charge in [-0.05, 0) is 60.1 Å². The maximum atomic E-state index is 12.2. The van der Waals surface area contributed by atoms with E-state index in [1.54, 1.807) is 0 Å². The molecule has 4 atom stereocenters. The predicted molar refractivity (Wildman–Crippen MR) is 95.4 cm³/mol. The van der Waals surface area contributed by atoms with Crippen molar-refractivity contribution < 1.29 is 23.7 Å². The van der Waals surface area contributed by atoms with Crippen molar-refractivity contribution in [2.75, 3.05) is 6.79 Å². The van der Waals surface area contributed by atoms with Crippen LogP contribution in [0.1, 0.15) is 61.3 Å². The van der Waals surface area contributed by atoms with E-state index in [4.69, 9.17) is 18.9 Å². The fourth-order valence-corrected chi connectivity index (χ4v) is 3.09. The number of carbonyl (C=O) groups excluding carboxylic acids is 1. The van der Waals surface area contributed by atoms with Crippen molar-refractivity contribution in [1.82, 2.24) is 5.32 Å². The van der Waals surface area contributed by atoms with Gasteiger partial charge in [-0.3, -0.25) is 0 Å². The zero-order valence-corrected chi connectivity index (χ0v) is 16.5. The summed E-state index contributed by atoms with van der Waals surface area (Å²) in [6.07, 6.45) is 2.28. The van der Waals surface area contributed by atoms with Crippen LogP contribution >= 0.6 is 0 Å². The summed E-state index contributed by atoms with van der Waals surface area (Å²) in [7, 11) is 0. The van der Waals surface area contributed by atoms with Gasteiger partial charge < -0.3 is 24.3 Å². The lowest BCUT2D eigenvalue weighted by Gasteiger charge is -2.34. The van der Waals surface area contributed by atoms with Crippen LogP contribution in [0, 0.1) is 0 Å². The fraction of sp³-hybridized carbons (Fsp3) is 0.842. The van der Waals surface area contributed by atoms with Crippen molar-refractivity contribution in [2.45, 2.75) is 96.9 Å². The van der Waals surface area contributed by atoms with E-state index in [-0.39, 0.29) is 42.3 Å². The molecule has 0 saturated carbocycles. The molecule has 1 aliphatic heterocycles. The molecular weight excluding hydrogens is 322 g/mol. The molecule has 2 rings (SSSR count). The van der Waals surface area contributed by atoms with Crippen LogP contribution in [-0.4, -0.2) is 48.4 Å². The molecular formula is C19H33NO5. The number of fused-ring (bicyclic) bond motifs is 1. The Kier molecular flexibility index (Phi) is 6.17. The van der Waals surface area contributed by atoms with Crippen LogP contribution in [0.4, 0.5) is 4.79 Å². The molecule has 0 bridgehead atoms. The topological polar surface area (TPSA) is 66.0 Å². The van der Waals surface area contributed by atoms with E-state index < -0.39 is 6.09 Å². The summed E-state index contributed by atoms with van der Waals surface area (Å²) in [4.78, 5) is 12.2. The van der Waals surface area contributed by atoms with Gasteiger partial charge >= 0.3 is 6.09 Å². The van der Waals surface area contributed by atoms with Crippen LogP contribution in [0.2, 0.25) is 0 Å². The number of nitrogens with one attached hydrogen (secondary N) is 1. The van der Waals surface area contributed by atoms with E-state index >= 15 is 0 Å². The van der Waals surface area contributed by atoms with Crippen molar-refractivity contribution in [3.8, 4) is 0 Å². The monoisotopic (exact) mass is 355 g/mol. The number of ether oxygens (including phenoxy) is 4. The molecule has 25 heavy (non-hydrogen) atoms. The highest BCUT2D eigenvalue weighted by atomic mass is 16.7. The van der Waals surface area contributed by atoms with E-state index in [0.717, 1.165) is 12.0 Å². The highest BCUT2D eigenvalue weighted by molar-refractivity contribution is 5.68. The molecule has 4 unspecified atom stereocenters. The van der Waals surface area contributed by atoms with Crippen molar-refractivity contribution >= 4 is 6.09 Å². The first-order valence-corrected chi connectivity index (χ1v) is 9.01. The van der Waals surface area contributed by atoms with Gasteiger partial charge in [-0.15, -0.1) is 0 Å². The highest BCUT2D eigenvalue weighted by Gasteiger charge is 2.38. The van der Waals surface area contributed by atoms with Gasteiger partial charge in [0, 0.05) is 18.4 Å². The van der Waals surface area contributed by atoms with Gasteiger partial charge in [-0.1, -0.05) is 0 Å². The molecule has 6 nitrogen and oxygen atoms in total. The third kappa shape index (κ3) is 6.60. The molecule has 1 heterocycles. The lowest BCUT2D eigenvalue weighted by atomic mass is 9.92. The Morgan fingerprint density at radius 1 is 1.12 bits per heavy atom. The average Bonchev–Trinajstić information content (AvgIpc) is 2.79. The van der Waals surface area contributed by atoms with Gasteiger partial charge in [0.25, 0.3) is 0 Å². The van der Waals surface area contributed by atoms with Gasteiger partial charge in [0.2, 0.25) is 0 Å². The number of hydrogen-bond acceptors (Lipinski definition) is 5. The normalized spacial score (nSPS) is 32.8. The minimum Gasteiger partial charge on any atom is -0.442 e. The smallest absolute Gasteiger partial charge is 0.408 e.